The van der Waals surface area contributed by atoms with Crippen LogP contribution >= 0.6 is 0 Å². The number of aryl methyl sites for hydroxylation is 1. The van der Waals surface area contributed by atoms with E-state index in [2.05, 4.69) is 48.1 Å². The van der Waals surface area contributed by atoms with E-state index in [-0.39, 0.29) is 0 Å². The predicted molar refractivity (Wildman–Crippen MR) is 105 cm³/mol. The van der Waals surface area contributed by atoms with Gasteiger partial charge in [-0.3, -0.25) is 0 Å². The van der Waals surface area contributed by atoms with E-state index in [1.807, 2.05) is 18.2 Å². The van der Waals surface area contributed by atoms with Gasteiger partial charge in [0.1, 0.15) is 0 Å². The van der Waals surface area contributed by atoms with E-state index in [1.54, 1.807) is 0 Å². The molecule has 0 amide bonds. The Kier molecular flexibility index (Phi) is 14.5. The van der Waals surface area contributed by atoms with Crippen LogP contribution in [0.1, 0.15) is 64.9 Å². The van der Waals surface area contributed by atoms with Gasteiger partial charge in [-0.05, 0) is 6.92 Å². The first-order valence-corrected chi connectivity index (χ1v) is 16.5. The van der Waals surface area contributed by atoms with Gasteiger partial charge >= 0.3 is 105 Å². The predicted octanol–water partition coefficient (Wildman–Crippen LogP) is 7.64. The zero-order chi connectivity index (χ0) is 17.4. The summed E-state index contributed by atoms with van der Waals surface area (Å²) in [4.78, 5) is 3.19. The molecule has 0 saturated heterocycles. The van der Waals surface area contributed by atoms with Gasteiger partial charge in [0.05, 0.1) is 0 Å². The van der Waals surface area contributed by atoms with Crippen LogP contribution in [0.3, 0.4) is 0 Å². The molecular weight excluding hydrogens is 389 g/mol. The van der Waals surface area contributed by atoms with E-state index in [0.29, 0.717) is 0 Å². The van der Waals surface area contributed by atoms with Crippen LogP contribution in [-0.4, -0.2) is 18.7 Å². The zero-order valence-corrected chi connectivity index (χ0v) is 18.4. The smallest absolute Gasteiger partial charge is 0.0398 e. The van der Waals surface area contributed by atoms with Crippen molar-refractivity contribution in [2.45, 2.75) is 79.5 Å². The maximum absolute atomic E-state index is 8.81. The van der Waals surface area contributed by atoms with Crippen LogP contribution in [0.5, 0.6) is 0 Å². The molecule has 0 heterocycles. The summed E-state index contributed by atoms with van der Waals surface area (Å²) >= 11 is -2.45. The molecule has 0 aliphatic rings. The number of hydrogen-bond donors (Lipinski definition) is 0. The summed E-state index contributed by atoms with van der Waals surface area (Å²) in [5.74, 6) is 0. The Hall–Kier alpha value is -0.671. The second-order valence-electron chi connectivity index (χ2n) is 6.38. The maximum atomic E-state index is 8.81. The molecule has 0 spiro atoms. The van der Waals surface area contributed by atoms with Gasteiger partial charge < -0.3 is 0 Å². The molecule has 0 fully saturated rings. The molecule has 1 aromatic carbocycles. The van der Waals surface area contributed by atoms with Crippen LogP contribution in [-0.2, 0) is 0 Å². The van der Waals surface area contributed by atoms with Crippen molar-refractivity contribution in [2.75, 3.05) is 0 Å². The van der Waals surface area contributed by atoms with Gasteiger partial charge in [0.25, 0.3) is 0 Å². The van der Waals surface area contributed by atoms with Crippen molar-refractivity contribution < 1.29 is 0 Å². The fourth-order valence-electron chi connectivity index (χ4n) is 2.67. The molecule has 0 bridgehead atoms. The SMILES string of the molecule is CCC[CH2][Sn]([CH2]CCC)([CH2]CCC)[N]=[N+]=[N-].Cc1ccccc1. The molecule has 23 heavy (non-hydrogen) atoms. The Balaban J connectivity index is 0.000000568. The summed E-state index contributed by atoms with van der Waals surface area (Å²) < 4.78 is 8.18. The monoisotopic (exact) mass is 425 g/mol. The van der Waals surface area contributed by atoms with Gasteiger partial charge in [-0.25, -0.2) is 0 Å². The Morgan fingerprint density at radius 1 is 0.870 bits per heavy atom. The molecule has 0 N–H and O–H groups in total. The Bertz CT molecular complexity index is 406. The normalized spacial score (nSPS) is 10.4. The van der Waals surface area contributed by atoms with E-state index in [1.165, 1.54) is 57.4 Å². The molecule has 130 valence electrons. The number of azide groups is 1. The third-order valence-corrected chi connectivity index (χ3v) is 16.6. The zero-order valence-electron chi connectivity index (χ0n) is 15.6. The summed E-state index contributed by atoms with van der Waals surface area (Å²) in [6.45, 7) is 8.77. The second kappa shape index (κ2) is 14.9. The summed E-state index contributed by atoms with van der Waals surface area (Å²) in [6.07, 6.45) is 7.50. The molecule has 4 heteroatoms. The topological polar surface area (TPSA) is 48.8 Å². The largest absolute Gasteiger partial charge is 0.0622 e. The molecule has 0 aliphatic carbocycles. The van der Waals surface area contributed by atoms with E-state index in [4.69, 9.17) is 5.53 Å². The molecule has 0 aromatic heterocycles. The fraction of sp³-hybridized carbons (Fsp3) is 0.684. The van der Waals surface area contributed by atoms with Crippen molar-refractivity contribution in [3.05, 3.63) is 46.3 Å². The summed E-state index contributed by atoms with van der Waals surface area (Å²) in [7, 11) is 0. The van der Waals surface area contributed by atoms with E-state index >= 15 is 0 Å². The average Bonchev–Trinajstić information content (AvgIpc) is 2.57. The van der Waals surface area contributed by atoms with Crippen molar-refractivity contribution in [3.63, 3.8) is 0 Å². The number of hydrogen-bond acceptors (Lipinski definition) is 1. The first-order valence-electron chi connectivity index (χ1n) is 9.22. The van der Waals surface area contributed by atoms with Crippen molar-refractivity contribution in [3.8, 4) is 0 Å². The fourth-order valence-corrected chi connectivity index (χ4v) is 14.9. The standard InChI is InChI=1S/C7H8.3C4H9.N3.Sn/c1-7-5-3-2-4-6-7;3*1-3-4-2;1-3-2;/h2-6H,1H3;3*1,3-4H2,2H3;;/q;;;;-1;+1. The Morgan fingerprint density at radius 3 is 1.57 bits per heavy atom. The van der Waals surface area contributed by atoms with Gasteiger partial charge in [0.2, 0.25) is 0 Å². The molecule has 0 saturated carbocycles. The molecule has 1 rings (SSSR count). The summed E-state index contributed by atoms with van der Waals surface area (Å²) in [5.41, 5.74) is 10.1. The molecule has 1 aromatic rings. The van der Waals surface area contributed by atoms with Gasteiger partial charge in [-0.2, -0.15) is 0 Å². The first-order chi connectivity index (χ1) is 11.1. The van der Waals surface area contributed by atoms with Gasteiger partial charge in [-0.15, -0.1) is 0 Å². The molecule has 3 nitrogen and oxygen atoms in total. The van der Waals surface area contributed by atoms with Crippen LogP contribution in [0.4, 0.5) is 0 Å². The van der Waals surface area contributed by atoms with Gasteiger partial charge in [0, 0.05) is 0 Å². The van der Waals surface area contributed by atoms with Crippen molar-refractivity contribution in [1.29, 1.82) is 0 Å². The number of benzene rings is 1. The minimum absolute atomic E-state index is 1.23. The van der Waals surface area contributed by atoms with Crippen molar-refractivity contribution >= 4 is 18.7 Å². The molecular formula is C19H35N3Sn. The van der Waals surface area contributed by atoms with E-state index in [0.717, 1.165) is 0 Å². The molecule has 0 radical (unpaired) electrons. The molecule has 0 atom stereocenters. The van der Waals surface area contributed by atoms with Crippen molar-refractivity contribution in [2.24, 2.45) is 3.34 Å². The van der Waals surface area contributed by atoms with E-state index in [9.17, 15) is 0 Å². The number of unbranched alkanes of at least 4 members (excludes halogenated alkanes) is 3. The van der Waals surface area contributed by atoms with Crippen LogP contribution in [0.2, 0.25) is 13.3 Å². The average molecular weight is 424 g/mol. The third kappa shape index (κ3) is 11.5. The Labute approximate surface area is 147 Å². The maximum Gasteiger partial charge on any atom is -0.0398 e. The quantitative estimate of drug-likeness (QED) is 0.160. The summed E-state index contributed by atoms with van der Waals surface area (Å²) in [5, 5.41) is 0. The first kappa shape index (κ1) is 22.3. The van der Waals surface area contributed by atoms with Crippen LogP contribution < -0.4 is 0 Å². The van der Waals surface area contributed by atoms with Gasteiger partial charge in [-0.1, -0.05) is 35.9 Å². The third-order valence-electron chi connectivity index (χ3n) is 4.18. The summed E-state index contributed by atoms with van der Waals surface area (Å²) in [6, 6.07) is 10.3. The number of rotatable bonds is 10. The van der Waals surface area contributed by atoms with Crippen LogP contribution in [0, 0.1) is 6.92 Å². The molecule has 0 unspecified atom stereocenters. The van der Waals surface area contributed by atoms with Crippen LogP contribution in [0.25, 0.3) is 10.4 Å². The minimum Gasteiger partial charge on any atom is -0.0622 e. The van der Waals surface area contributed by atoms with Gasteiger partial charge in [0.15, 0.2) is 0 Å². The van der Waals surface area contributed by atoms with Crippen molar-refractivity contribution in [1.82, 2.24) is 0 Å². The van der Waals surface area contributed by atoms with E-state index < -0.39 is 18.7 Å². The molecule has 0 aliphatic heterocycles. The second-order valence-corrected chi connectivity index (χ2v) is 18.2. The minimum atomic E-state index is -2.45. The van der Waals surface area contributed by atoms with Crippen LogP contribution in [0.15, 0.2) is 33.7 Å². The Morgan fingerprint density at radius 2 is 1.30 bits per heavy atom. The number of nitrogens with zero attached hydrogens (tertiary/aromatic N) is 3.